The molecule has 1 N–H and O–H groups in total. The Labute approximate surface area is 148 Å². The molecule has 1 saturated heterocycles. The molecule has 126 valence electrons. The summed E-state index contributed by atoms with van der Waals surface area (Å²) in [4.78, 5) is 25.8. The van der Waals surface area contributed by atoms with Crippen LogP contribution in [0.5, 0.6) is 0 Å². The summed E-state index contributed by atoms with van der Waals surface area (Å²) < 4.78 is 0.836. The highest BCUT2D eigenvalue weighted by Gasteiger charge is 2.21. The summed E-state index contributed by atoms with van der Waals surface area (Å²) in [6.45, 7) is 4.90. The number of hydrogen-bond donors (Lipinski definition) is 1. The molecule has 2 aromatic rings. The number of carbonyl (C=O) groups excluding carboxylic acids is 2. The van der Waals surface area contributed by atoms with Crippen molar-refractivity contribution in [2.75, 3.05) is 16.8 Å². The van der Waals surface area contributed by atoms with Crippen molar-refractivity contribution in [2.45, 2.75) is 36.3 Å². The number of amides is 2. The van der Waals surface area contributed by atoms with Gasteiger partial charge >= 0.3 is 0 Å². The van der Waals surface area contributed by atoms with Crippen LogP contribution in [0.4, 0.5) is 10.8 Å². The van der Waals surface area contributed by atoms with E-state index in [1.165, 1.54) is 11.3 Å². The topological polar surface area (TPSA) is 75.2 Å². The lowest BCUT2D eigenvalue weighted by atomic mass is 10.2. The van der Waals surface area contributed by atoms with E-state index in [-0.39, 0.29) is 11.8 Å². The van der Waals surface area contributed by atoms with Gasteiger partial charge < -0.3 is 4.90 Å². The van der Waals surface area contributed by atoms with Crippen LogP contribution in [-0.4, -0.2) is 33.8 Å². The smallest absolute Gasteiger partial charge is 0.257 e. The van der Waals surface area contributed by atoms with Crippen LogP contribution in [0.25, 0.3) is 0 Å². The van der Waals surface area contributed by atoms with Gasteiger partial charge in [0.15, 0.2) is 4.34 Å². The van der Waals surface area contributed by atoms with E-state index in [0.717, 1.165) is 23.0 Å². The van der Waals surface area contributed by atoms with Gasteiger partial charge in [0.1, 0.15) is 0 Å². The van der Waals surface area contributed by atoms with Gasteiger partial charge in [-0.05, 0) is 30.7 Å². The summed E-state index contributed by atoms with van der Waals surface area (Å²) in [7, 11) is 0. The van der Waals surface area contributed by atoms with Crippen molar-refractivity contribution in [3.05, 3.63) is 29.8 Å². The minimum atomic E-state index is -0.230. The SMILES string of the molecule is CC(C)Sc1nnc(NC(=O)c2ccc(N3CCCC3=O)cc2)s1. The highest BCUT2D eigenvalue weighted by molar-refractivity contribution is 8.01. The Balaban J connectivity index is 1.64. The van der Waals surface area contributed by atoms with E-state index >= 15 is 0 Å². The zero-order valence-corrected chi connectivity index (χ0v) is 15.1. The van der Waals surface area contributed by atoms with Crippen molar-refractivity contribution in [1.82, 2.24) is 10.2 Å². The van der Waals surface area contributed by atoms with Crippen LogP contribution in [0.3, 0.4) is 0 Å². The van der Waals surface area contributed by atoms with Crippen LogP contribution >= 0.6 is 23.1 Å². The molecule has 0 aliphatic carbocycles. The fourth-order valence-corrected chi connectivity index (χ4v) is 4.36. The Morgan fingerprint density at radius 3 is 2.67 bits per heavy atom. The summed E-state index contributed by atoms with van der Waals surface area (Å²) in [6, 6.07) is 7.05. The van der Waals surface area contributed by atoms with Crippen LogP contribution in [0.1, 0.15) is 37.0 Å². The van der Waals surface area contributed by atoms with Gasteiger partial charge in [-0.2, -0.15) is 0 Å². The highest BCUT2D eigenvalue weighted by atomic mass is 32.2. The minimum Gasteiger partial charge on any atom is -0.312 e. The number of thioether (sulfide) groups is 1. The molecule has 0 radical (unpaired) electrons. The predicted octanol–water partition coefficient (Wildman–Crippen LogP) is 3.42. The van der Waals surface area contributed by atoms with Crippen molar-refractivity contribution in [2.24, 2.45) is 0 Å². The standard InChI is InChI=1S/C16H18N4O2S2/c1-10(2)23-16-19-18-15(24-16)17-14(22)11-5-7-12(8-6-11)20-9-3-4-13(20)21/h5-8,10H,3-4,9H2,1-2H3,(H,17,18,22). The minimum absolute atomic E-state index is 0.135. The third-order valence-corrected chi connectivity index (χ3v) is 5.40. The molecule has 6 nitrogen and oxygen atoms in total. The normalized spacial score (nSPS) is 14.5. The van der Waals surface area contributed by atoms with Crippen LogP contribution in [0.2, 0.25) is 0 Å². The van der Waals surface area contributed by atoms with Gasteiger partial charge in [-0.15, -0.1) is 10.2 Å². The van der Waals surface area contributed by atoms with Gasteiger partial charge in [0.25, 0.3) is 5.91 Å². The summed E-state index contributed by atoms with van der Waals surface area (Å²) in [5.41, 5.74) is 1.36. The molecule has 24 heavy (non-hydrogen) atoms. The Bertz CT molecular complexity index is 743. The second kappa shape index (κ2) is 7.31. The van der Waals surface area contributed by atoms with Crippen LogP contribution < -0.4 is 10.2 Å². The Morgan fingerprint density at radius 1 is 1.29 bits per heavy atom. The summed E-state index contributed by atoms with van der Waals surface area (Å²) >= 11 is 2.98. The third kappa shape index (κ3) is 3.93. The quantitative estimate of drug-likeness (QED) is 0.651. The first kappa shape index (κ1) is 16.9. The number of hydrogen-bond acceptors (Lipinski definition) is 6. The van der Waals surface area contributed by atoms with E-state index < -0.39 is 0 Å². The van der Waals surface area contributed by atoms with E-state index in [1.807, 2.05) is 0 Å². The van der Waals surface area contributed by atoms with E-state index in [1.54, 1.807) is 40.9 Å². The summed E-state index contributed by atoms with van der Waals surface area (Å²) in [5.74, 6) is -0.0946. The average molecular weight is 362 g/mol. The van der Waals surface area contributed by atoms with Gasteiger partial charge in [0.05, 0.1) is 0 Å². The Morgan fingerprint density at radius 2 is 2.04 bits per heavy atom. The van der Waals surface area contributed by atoms with Gasteiger partial charge in [-0.3, -0.25) is 14.9 Å². The molecule has 1 aromatic heterocycles. The predicted molar refractivity (Wildman–Crippen MR) is 96.9 cm³/mol. The lowest BCUT2D eigenvalue weighted by Gasteiger charge is -2.15. The van der Waals surface area contributed by atoms with E-state index in [4.69, 9.17) is 0 Å². The molecule has 2 heterocycles. The zero-order valence-electron chi connectivity index (χ0n) is 13.5. The second-order valence-electron chi connectivity index (χ2n) is 5.69. The van der Waals surface area contributed by atoms with E-state index in [2.05, 4.69) is 29.4 Å². The number of benzene rings is 1. The van der Waals surface area contributed by atoms with Gasteiger partial charge in [-0.1, -0.05) is 36.9 Å². The monoisotopic (exact) mass is 362 g/mol. The van der Waals surface area contributed by atoms with Crippen LogP contribution in [-0.2, 0) is 4.79 Å². The molecule has 0 bridgehead atoms. The fraction of sp³-hybridized carbons (Fsp3) is 0.375. The molecule has 3 rings (SSSR count). The molecule has 2 amide bonds. The molecule has 1 aromatic carbocycles. The fourth-order valence-electron chi connectivity index (χ4n) is 2.39. The van der Waals surface area contributed by atoms with Crippen molar-refractivity contribution in [3.8, 4) is 0 Å². The number of nitrogens with one attached hydrogen (secondary N) is 1. The van der Waals surface area contributed by atoms with E-state index in [9.17, 15) is 9.59 Å². The lowest BCUT2D eigenvalue weighted by Crippen LogP contribution is -2.23. The second-order valence-corrected chi connectivity index (χ2v) is 8.49. The molecular weight excluding hydrogens is 344 g/mol. The number of aromatic nitrogens is 2. The first-order valence-corrected chi connectivity index (χ1v) is 9.44. The number of carbonyl (C=O) groups is 2. The molecule has 1 aliphatic rings. The molecule has 0 atom stereocenters. The first-order chi connectivity index (χ1) is 11.5. The molecule has 0 spiro atoms. The van der Waals surface area contributed by atoms with Crippen molar-refractivity contribution in [3.63, 3.8) is 0 Å². The average Bonchev–Trinajstić information content (AvgIpc) is 3.16. The zero-order chi connectivity index (χ0) is 17.1. The maximum Gasteiger partial charge on any atom is 0.257 e. The molecule has 8 heteroatoms. The third-order valence-electron chi connectivity index (χ3n) is 3.48. The summed E-state index contributed by atoms with van der Waals surface area (Å²) in [6.07, 6.45) is 1.48. The first-order valence-electron chi connectivity index (χ1n) is 7.75. The lowest BCUT2D eigenvalue weighted by molar-refractivity contribution is -0.117. The molecular formula is C16H18N4O2S2. The maximum absolute atomic E-state index is 12.3. The molecule has 0 saturated carbocycles. The Hall–Kier alpha value is -1.93. The van der Waals surface area contributed by atoms with Gasteiger partial charge in [-0.25, -0.2) is 0 Å². The number of nitrogens with zero attached hydrogens (tertiary/aromatic N) is 3. The van der Waals surface area contributed by atoms with Crippen molar-refractivity contribution >= 4 is 45.7 Å². The van der Waals surface area contributed by atoms with Crippen LogP contribution in [0.15, 0.2) is 28.6 Å². The maximum atomic E-state index is 12.3. The molecule has 0 unspecified atom stereocenters. The van der Waals surface area contributed by atoms with Crippen molar-refractivity contribution < 1.29 is 9.59 Å². The van der Waals surface area contributed by atoms with Gasteiger partial charge in [0.2, 0.25) is 11.0 Å². The summed E-state index contributed by atoms with van der Waals surface area (Å²) in [5, 5.41) is 11.7. The number of anilines is 2. The molecule has 1 fully saturated rings. The largest absolute Gasteiger partial charge is 0.312 e. The van der Waals surface area contributed by atoms with Gasteiger partial charge in [0, 0.05) is 29.5 Å². The van der Waals surface area contributed by atoms with E-state index in [0.29, 0.717) is 22.4 Å². The number of rotatable bonds is 5. The molecule has 1 aliphatic heterocycles. The van der Waals surface area contributed by atoms with Crippen molar-refractivity contribution in [1.29, 1.82) is 0 Å². The van der Waals surface area contributed by atoms with Crippen LogP contribution in [0, 0.1) is 0 Å². The highest BCUT2D eigenvalue weighted by Crippen LogP contribution is 2.29. The Kier molecular flexibility index (Phi) is 5.15.